The van der Waals surface area contributed by atoms with Crippen LogP contribution in [0.15, 0.2) is 10.9 Å². The largest absolute Gasteiger partial charge is 0.330 e. The molecule has 15 heavy (non-hydrogen) atoms. The topological polar surface area (TPSA) is 50.9 Å². The van der Waals surface area contributed by atoms with E-state index in [1.54, 1.807) is 11.3 Å². The van der Waals surface area contributed by atoms with Crippen LogP contribution in [0.4, 0.5) is 0 Å². The standard InChI is InChI=1S/C11H19N3S/c12-4-9-2-1-3-10(9)5-13-6-11-7-15-8-14-11/h7-10,13H,1-6,12H2. The van der Waals surface area contributed by atoms with Gasteiger partial charge in [-0.3, -0.25) is 0 Å². The molecule has 1 fully saturated rings. The first-order valence-electron chi connectivity index (χ1n) is 5.68. The first-order chi connectivity index (χ1) is 7.40. The number of nitrogens with zero attached hydrogens (tertiary/aromatic N) is 1. The van der Waals surface area contributed by atoms with Crippen LogP contribution in [0.2, 0.25) is 0 Å². The van der Waals surface area contributed by atoms with Crippen molar-refractivity contribution < 1.29 is 0 Å². The number of aromatic nitrogens is 1. The lowest BCUT2D eigenvalue weighted by atomic mass is 9.96. The molecule has 3 nitrogen and oxygen atoms in total. The molecule has 2 rings (SSSR count). The average Bonchev–Trinajstić information content (AvgIpc) is 2.88. The van der Waals surface area contributed by atoms with E-state index in [0.29, 0.717) is 0 Å². The smallest absolute Gasteiger partial charge is 0.0795 e. The molecule has 0 spiro atoms. The van der Waals surface area contributed by atoms with Gasteiger partial charge in [0.2, 0.25) is 0 Å². The molecule has 1 aliphatic carbocycles. The second-order valence-corrected chi connectivity index (χ2v) is 5.02. The van der Waals surface area contributed by atoms with Crippen molar-refractivity contribution >= 4 is 11.3 Å². The Bertz CT molecular complexity index is 273. The first kappa shape index (κ1) is 11.0. The van der Waals surface area contributed by atoms with Crippen molar-refractivity contribution in [2.45, 2.75) is 25.8 Å². The summed E-state index contributed by atoms with van der Waals surface area (Å²) in [6.45, 7) is 2.85. The van der Waals surface area contributed by atoms with E-state index in [1.165, 1.54) is 19.3 Å². The molecule has 0 aromatic carbocycles. The predicted octanol–water partition coefficient (Wildman–Crippen LogP) is 1.61. The summed E-state index contributed by atoms with van der Waals surface area (Å²) < 4.78 is 0. The maximum atomic E-state index is 5.75. The molecule has 0 aliphatic heterocycles. The van der Waals surface area contributed by atoms with E-state index in [1.807, 2.05) is 5.51 Å². The Morgan fingerprint density at radius 3 is 3.07 bits per heavy atom. The zero-order chi connectivity index (χ0) is 10.5. The number of hydrogen-bond acceptors (Lipinski definition) is 4. The molecule has 1 aromatic heterocycles. The molecule has 2 unspecified atom stereocenters. The molecule has 0 bridgehead atoms. The van der Waals surface area contributed by atoms with Gasteiger partial charge in [-0.15, -0.1) is 11.3 Å². The van der Waals surface area contributed by atoms with Crippen LogP contribution in [0.5, 0.6) is 0 Å². The van der Waals surface area contributed by atoms with Gasteiger partial charge < -0.3 is 11.1 Å². The van der Waals surface area contributed by atoms with Gasteiger partial charge in [0.05, 0.1) is 11.2 Å². The molecule has 0 saturated heterocycles. The molecule has 1 aliphatic rings. The van der Waals surface area contributed by atoms with E-state index < -0.39 is 0 Å². The molecule has 4 heteroatoms. The summed E-state index contributed by atoms with van der Waals surface area (Å²) in [4.78, 5) is 4.25. The van der Waals surface area contributed by atoms with Crippen LogP contribution < -0.4 is 11.1 Å². The zero-order valence-corrected chi connectivity index (χ0v) is 9.80. The maximum absolute atomic E-state index is 5.75. The summed E-state index contributed by atoms with van der Waals surface area (Å²) >= 11 is 1.66. The van der Waals surface area contributed by atoms with Gasteiger partial charge in [-0.25, -0.2) is 4.98 Å². The Hall–Kier alpha value is -0.450. The summed E-state index contributed by atoms with van der Waals surface area (Å²) in [7, 11) is 0. The number of rotatable bonds is 5. The van der Waals surface area contributed by atoms with Gasteiger partial charge in [-0.1, -0.05) is 6.42 Å². The summed E-state index contributed by atoms with van der Waals surface area (Å²) in [5.74, 6) is 1.53. The quantitative estimate of drug-likeness (QED) is 0.800. The Morgan fingerprint density at radius 1 is 1.47 bits per heavy atom. The minimum Gasteiger partial charge on any atom is -0.330 e. The number of nitrogens with one attached hydrogen (secondary N) is 1. The van der Waals surface area contributed by atoms with Gasteiger partial charge in [-0.2, -0.15) is 0 Å². The van der Waals surface area contributed by atoms with Crippen LogP contribution in [0.3, 0.4) is 0 Å². The molecule has 1 heterocycles. The van der Waals surface area contributed by atoms with E-state index in [-0.39, 0.29) is 0 Å². The van der Waals surface area contributed by atoms with Crippen molar-refractivity contribution in [1.29, 1.82) is 0 Å². The summed E-state index contributed by atoms with van der Waals surface area (Å²) in [6, 6.07) is 0. The molecule has 0 radical (unpaired) electrons. The normalized spacial score (nSPS) is 25.9. The van der Waals surface area contributed by atoms with Crippen molar-refractivity contribution in [1.82, 2.24) is 10.3 Å². The fraction of sp³-hybridized carbons (Fsp3) is 0.727. The van der Waals surface area contributed by atoms with Gasteiger partial charge >= 0.3 is 0 Å². The van der Waals surface area contributed by atoms with Gasteiger partial charge in [-0.05, 0) is 37.8 Å². The van der Waals surface area contributed by atoms with Crippen molar-refractivity contribution in [2.24, 2.45) is 17.6 Å². The third kappa shape index (κ3) is 3.00. The highest BCUT2D eigenvalue weighted by Crippen LogP contribution is 2.30. The van der Waals surface area contributed by atoms with Crippen molar-refractivity contribution in [3.63, 3.8) is 0 Å². The van der Waals surface area contributed by atoms with E-state index in [0.717, 1.165) is 37.2 Å². The Kier molecular flexibility index (Phi) is 4.11. The molecular weight excluding hydrogens is 206 g/mol. The van der Waals surface area contributed by atoms with E-state index in [4.69, 9.17) is 5.73 Å². The van der Waals surface area contributed by atoms with E-state index >= 15 is 0 Å². The first-order valence-corrected chi connectivity index (χ1v) is 6.62. The van der Waals surface area contributed by atoms with Gasteiger partial charge in [0.25, 0.3) is 0 Å². The van der Waals surface area contributed by atoms with Crippen molar-refractivity contribution in [2.75, 3.05) is 13.1 Å². The highest BCUT2D eigenvalue weighted by atomic mass is 32.1. The van der Waals surface area contributed by atoms with Crippen LogP contribution in [0.1, 0.15) is 25.0 Å². The fourth-order valence-electron chi connectivity index (χ4n) is 2.40. The number of nitrogens with two attached hydrogens (primary N) is 1. The van der Waals surface area contributed by atoms with Crippen LogP contribution in [-0.4, -0.2) is 18.1 Å². The van der Waals surface area contributed by atoms with Crippen molar-refractivity contribution in [3.8, 4) is 0 Å². The average molecular weight is 225 g/mol. The lowest BCUT2D eigenvalue weighted by Crippen LogP contribution is -2.28. The molecule has 0 amide bonds. The van der Waals surface area contributed by atoms with Gasteiger partial charge in [0.1, 0.15) is 0 Å². The SMILES string of the molecule is NCC1CCCC1CNCc1cscn1. The third-order valence-electron chi connectivity index (χ3n) is 3.32. The Balaban J connectivity index is 1.69. The molecule has 1 saturated carbocycles. The highest BCUT2D eigenvalue weighted by Gasteiger charge is 2.25. The van der Waals surface area contributed by atoms with Crippen molar-refractivity contribution in [3.05, 3.63) is 16.6 Å². The molecular formula is C11H19N3S. The fourth-order valence-corrected chi connectivity index (χ4v) is 2.96. The van der Waals surface area contributed by atoms with Gasteiger partial charge in [0, 0.05) is 11.9 Å². The van der Waals surface area contributed by atoms with Crippen LogP contribution in [0, 0.1) is 11.8 Å². The van der Waals surface area contributed by atoms with Crippen LogP contribution in [0.25, 0.3) is 0 Å². The third-order valence-corrected chi connectivity index (χ3v) is 3.95. The minimum absolute atomic E-state index is 0.743. The van der Waals surface area contributed by atoms with Crippen LogP contribution in [-0.2, 0) is 6.54 Å². The molecule has 3 N–H and O–H groups in total. The lowest BCUT2D eigenvalue weighted by Gasteiger charge is -2.17. The lowest BCUT2D eigenvalue weighted by molar-refractivity contribution is 0.373. The number of hydrogen-bond donors (Lipinski definition) is 2. The van der Waals surface area contributed by atoms with Crippen LogP contribution >= 0.6 is 11.3 Å². The highest BCUT2D eigenvalue weighted by molar-refractivity contribution is 7.07. The Labute approximate surface area is 95.1 Å². The minimum atomic E-state index is 0.743. The van der Waals surface area contributed by atoms with E-state index in [9.17, 15) is 0 Å². The maximum Gasteiger partial charge on any atom is 0.0795 e. The molecule has 1 aromatic rings. The van der Waals surface area contributed by atoms with E-state index in [2.05, 4.69) is 15.7 Å². The molecule has 2 atom stereocenters. The monoisotopic (exact) mass is 225 g/mol. The summed E-state index contributed by atoms with van der Waals surface area (Å²) in [5.41, 5.74) is 8.79. The second kappa shape index (κ2) is 5.58. The summed E-state index contributed by atoms with van der Waals surface area (Å²) in [5, 5.41) is 5.58. The number of thiazole rings is 1. The molecule has 84 valence electrons. The Morgan fingerprint density at radius 2 is 2.33 bits per heavy atom. The second-order valence-electron chi connectivity index (χ2n) is 4.30. The predicted molar refractivity (Wildman–Crippen MR) is 63.7 cm³/mol. The van der Waals surface area contributed by atoms with Gasteiger partial charge in [0.15, 0.2) is 0 Å². The summed E-state index contributed by atoms with van der Waals surface area (Å²) in [6.07, 6.45) is 4.01. The zero-order valence-electron chi connectivity index (χ0n) is 8.98.